The Bertz CT molecular complexity index is 563. The third kappa shape index (κ3) is 3.10. The summed E-state index contributed by atoms with van der Waals surface area (Å²) >= 11 is -3.60. The molecule has 2 rings (SSSR count). The molecule has 0 fully saturated rings. The van der Waals surface area contributed by atoms with Gasteiger partial charge in [-0.2, -0.15) is 0 Å². The van der Waals surface area contributed by atoms with E-state index in [2.05, 4.69) is 0 Å². The van der Waals surface area contributed by atoms with Crippen LogP contribution in [0.3, 0.4) is 0 Å². The van der Waals surface area contributed by atoms with Gasteiger partial charge in [-0.15, -0.1) is 0 Å². The van der Waals surface area contributed by atoms with E-state index in [1.165, 1.54) is 0 Å². The number of hydrogen-bond donors (Lipinski definition) is 0. The van der Waals surface area contributed by atoms with Crippen molar-refractivity contribution in [1.29, 1.82) is 0 Å². The molecule has 0 bridgehead atoms. The van der Waals surface area contributed by atoms with Gasteiger partial charge >= 0.3 is 130 Å². The Kier molecular flexibility index (Phi) is 5.34. The van der Waals surface area contributed by atoms with Crippen LogP contribution in [0.4, 0.5) is 0 Å². The minimum atomic E-state index is -3.60. The second-order valence-electron chi connectivity index (χ2n) is 5.18. The van der Waals surface area contributed by atoms with Crippen LogP contribution in [0.5, 0.6) is 0 Å². The summed E-state index contributed by atoms with van der Waals surface area (Å²) in [5, 5.41) is 0. The Morgan fingerprint density at radius 3 is 1.33 bits per heavy atom. The molecule has 2 aromatic rings. The van der Waals surface area contributed by atoms with E-state index in [-0.39, 0.29) is 7.60 Å². The molecule has 0 atom stereocenters. The summed E-state index contributed by atoms with van der Waals surface area (Å²) in [5.74, 6) is 0. The number of hydrogen-bond acceptors (Lipinski definition) is 2. The molecule has 0 saturated carbocycles. The molecule has 2 nitrogen and oxygen atoms in total. The van der Waals surface area contributed by atoms with Gasteiger partial charge in [0.2, 0.25) is 0 Å². The van der Waals surface area contributed by atoms with Gasteiger partial charge in [-0.1, -0.05) is 0 Å². The summed E-state index contributed by atoms with van der Waals surface area (Å²) in [5.41, 5.74) is 1.39. The van der Waals surface area contributed by atoms with Gasteiger partial charge in [0.15, 0.2) is 0 Å². The van der Waals surface area contributed by atoms with Gasteiger partial charge in [0, 0.05) is 0 Å². The van der Waals surface area contributed by atoms with Crippen LogP contribution >= 0.6 is 0 Å². The molecule has 0 spiro atoms. The van der Waals surface area contributed by atoms with Gasteiger partial charge in [-0.05, 0) is 0 Å². The summed E-state index contributed by atoms with van der Waals surface area (Å²) in [4.78, 5) is 26.0. The maximum atomic E-state index is 13.0. The first-order valence-corrected chi connectivity index (χ1v) is 14.2. The predicted molar refractivity (Wildman–Crippen MR) is 88.3 cm³/mol. The van der Waals surface area contributed by atoms with Crippen LogP contribution in [0.25, 0.3) is 0 Å². The molecular weight excluding hydrogens is 367 g/mol. The van der Waals surface area contributed by atoms with E-state index in [4.69, 9.17) is 0 Å². The Labute approximate surface area is 130 Å². The van der Waals surface area contributed by atoms with Gasteiger partial charge < -0.3 is 0 Å². The zero-order chi connectivity index (χ0) is 15.3. The fraction of sp³-hybridized carbons (Fsp3) is 0.222. The third-order valence-electron chi connectivity index (χ3n) is 4.15. The van der Waals surface area contributed by atoms with Crippen molar-refractivity contribution in [2.24, 2.45) is 0 Å². The Morgan fingerprint density at radius 1 is 0.714 bits per heavy atom. The van der Waals surface area contributed by atoms with Crippen molar-refractivity contribution >= 4 is 26.0 Å². The molecule has 0 aliphatic heterocycles. The second-order valence-corrected chi connectivity index (χ2v) is 18.0. The summed E-state index contributed by atoms with van der Waals surface area (Å²) in [6.07, 6.45) is 0. The molecule has 0 aliphatic carbocycles. The molecule has 21 heavy (non-hydrogen) atoms. The van der Waals surface area contributed by atoms with E-state index in [1.54, 1.807) is 0 Å². The summed E-state index contributed by atoms with van der Waals surface area (Å²) in [6, 6.07) is 18.6. The van der Waals surface area contributed by atoms with E-state index in [1.807, 2.05) is 74.5 Å². The molecule has 0 saturated heterocycles. The van der Waals surface area contributed by atoms with Gasteiger partial charge in [0.1, 0.15) is 0 Å². The van der Waals surface area contributed by atoms with Crippen molar-refractivity contribution in [3.05, 3.63) is 71.8 Å². The normalized spacial score (nSPS) is 11.1. The van der Waals surface area contributed by atoms with Crippen LogP contribution in [0, 0.1) is 0 Å². The average Bonchev–Trinajstić information content (AvgIpc) is 2.57. The molecule has 0 aliphatic rings. The van der Waals surface area contributed by atoms with Crippen LogP contribution < -0.4 is 0 Å². The Hall–Kier alpha value is -1.42. The van der Waals surface area contributed by atoms with Crippen molar-refractivity contribution in [2.45, 2.75) is 22.7 Å². The van der Waals surface area contributed by atoms with E-state index < -0.39 is 18.4 Å². The molecule has 0 radical (unpaired) electrons. The molecule has 0 heterocycles. The standard InChI is InChI=1S/2C7H5O.2C2H5.Sn/c2*8-6-7-4-2-1-3-5-7;2*1-2;/h2*1-5H;2*1H2,2H3;. The van der Waals surface area contributed by atoms with Gasteiger partial charge in [0.05, 0.1) is 0 Å². The monoisotopic (exact) mass is 388 g/mol. The molecular formula is C18H20O2Sn. The maximum absolute atomic E-state index is 13.0. The fourth-order valence-corrected chi connectivity index (χ4v) is 12.5. The van der Waals surface area contributed by atoms with E-state index in [9.17, 15) is 9.59 Å². The summed E-state index contributed by atoms with van der Waals surface area (Å²) < 4.78 is 1.69. The molecule has 0 N–H and O–H groups in total. The zero-order valence-corrected chi connectivity index (χ0v) is 15.4. The van der Waals surface area contributed by atoms with Crippen LogP contribution in [-0.4, -0.2) is 26.0 Å². The predicted octanol–water partition coefficient (Wildman–Crippen LogP) is 4.32. The number of benzene rings is 2. The molecule has 0 unspecified atom stereocenters. The first-order chi connectivity index (χ1) is 10.2. The van der Waals surface area contributed by atoms with Crippen molar-refractivity contribution in [3.8, 4) is 0 Å². The van der Waals surface area contributed by atoms with Crippen molar-refractivity contribution in [3.63, 3.8) is 0 Å². The van der Waals surface area contributed by atoms with E-state index in [0.717, 1.165) is 0 Å². The Morgan fingerprint density at radius 2 is 1.05 bits per heavy atom. The molecule has 108 valence electrons. The minimum absolute atomic E-state index is 0.128. The van der Waals surface area contributed by atoms with Crippen molar-refractivity contribution in [2.75, 3.05) is 0 Å². The summed E-state index contributed by atoms with van der Waals surface area (Å²) in [7, 11) is 0. The number of carbonyl (C=O) groups is 2. The zero-order valence-electron chi connectivity index (χ0n) is 12.5. The van der Waals surface area contributed by atoms with E-state index >= 15 is 0 Å². The van der Waals surface area contributed by atoms with Crippen LogP contribution in [0.1, 0.15) is 34.6 Å². The van der Waals surface area contributed by atoms with Crippen LogP contribution in [-0.2, 0) is 0 Å². The van der Waals surface area contributed by atoms with Gasteiger partial charge in [-0.3, -0.25) is 0 Å². The topological polar surface area (TPSA) is 34.1 Å². The first kappa shape index (κ1) is 16.0. The number of carbonyl (C=O) groups excluding carboxylic acids is 2. The molecule has 0 amide bonds. The molecule has 2 aromatic carbocycles. The first-order valence-electron chi connectivity index (χ1n) is 7.35. The summed E-state index contributed by atoms with van der Waals surface area (Å²) in [6.45, 7) is 4.00. The van der Waals surface area contributed by atoms with Crippen LogP contribution in [0.15, 0.2) is 60.7 Å². The number of rotatable bonds is 6. The Balaban J connectivity index is 2.46. The quantitative estimate of drug-likeness (QED) is 0.693. The molecule has 3 heteroatoms. The third-order valence-corrected chi connectivity index (χ3v) is 17.6. The van der Waals surface area contributed by atoms with E-state index in [0.29, 0.717) is 20.0 Å². The van der Waals surface area contributed by atoms with Crippen molar-refractivity contribution in [1.82, 2.24) is 0 Å². The van der Waals surface area contributed by atoms with Crippen LogP contribution in [0.2, 0.25) is 8.87 Å². The second kappa shape index (κ2) is 7.03. The molecule has 0 aromatic heterocycles. The van der Waals surface area contributed by atoms with Gasteiger partial charge in [-0.25, -0.2) is 0 Å². The average molecular weight is 387 g/mol. The van der Waals surface area contributed by atoms with Crippen molar-refractivity contribution < 1.29 is 9.59 Å². The van der Waals surface area contributed by atoms with Gasteiger partial charge in [0.25, 0.3) is 0 Å². The fourth-order valence-electron chi connectivity index (χ4n) is 2.73. The SMILES string of the molecule is C[CH2][Sn]([CH2]C)([C](=O)c1ccccc1)[C](=O)c1ccccc1.